The van der Waals surface area contributed by atoms with Crippen molar-refractivity contribution in [1.82, 2.24) is 0 Å². The second-order valence-electron chi connectivity index (χ2n) is 18.2. The van der Waals surface area contributed by atoms with Crippen molar-refractivity contribution >= 4 is 34.2 Å². The maximum Gasteiger partial charge on any atom is 0.317 e. The molecule has 0 aromatic carbocycles. The Morgan fingerprint density at radius 1 is 0.581 bits per heavy atom. The summed E-state index contributed by atoms with van der Waals surface area (Å²) in [5, 5.41) is 0. The Balaban J connectivity index is 0.874. The van der Waals surface area contributed by atoms with E-state index >= 15 is 0 Å². The summed E-state index contributed by atoms with van der Waals surface area (Å²) in [5.74, 6) is 5.42. The molecule has 0 radical (unpaired) electrons. The lowest BCUT2D eigenvalue weighted by Crippen LogP contribution is -2.66. The van der Waals surface area contributed by atoms with Gasteiger partial charge < -0.3 is 30.7 Å². The highest BCUT2D eigenvalue weighted by atomic mass is 28.5. The molecule has 8 bridgehead atoms. The number of rotatable bonds is 9. The second-order valence-corrected chi connectivity index (χ2v) is 32.6. The summed E-state index contributed by atoms with van der Waals surface area (Å²) >= 11 is 0. The fraction of sp³-hybridized carbons (Fsp3) is 1.00. The molecule has 6 aliphatic heterocycles. The fourth-order valence-corrected chi connectivity index (χ4v) is 36.1. The minimum Gasteiger partial charge on any atom is -0.416 e. The summed E-state index contributed by atoms with van der Waals surface area (Å²) in [7, 11) is -10.0. The van der Waals surface area contributed by atoms with Crippen LogP contribution < -0.4 is 0 Å². The van der Waals surface area contributed by atoms with Gasteiger partial charge in [-0.2, -0.15) is 0 Å². The Morgan fingerprint density at radius 2 is 1.26 bits per heavy atom. The maximum absolute atomic E-state index is 7.54. The minimum absolute atomic E-state index is 0.198. The Hall–Kier alpha value is 0.588. The Morgan fingerprint density at radius 3 is 1.81 bits per heavy atom. The van der Waals surface area contributed by atoms with Crippen molar-refractivity contribution < 1.29 is 30.7 Å². The van der Waals surface area contributed by atoms with E-state index in [0.29, 0.717) is 30.3 Å². The highest BCUT2D eigenvalue weighted by Crippen LogP contribution is 2.66. The van der Waals surface area contributed by atoms with Crippen LogP contribution >= 0.6 is 0 Å². The Labute approximate surface area is 262 Å². The van der Waals surface area contributed by atoms with Crippen LogP contribution in [0.5, 0.6) is 0 Å². The highest BCUT2D eigenvalue weighted by molar-refractivity contribution is 6.93. The molecule has 12 aliphatic rings. The average molecular weight is 663 g/mol. The van der Waals surface area contributed by atoms with Crippen molar-refractivity contribution in [2.75, 3.05) is 0 Å². The molecule has 0 amide bonds. The summed E-state index contributed by atoms with van der Waals surface area (Å²) in [5.41, 5.74) is 0.445. The summed E-state index contributed by atoms with van der Waals surface area (Å²) < 4.78 is 48.3. The third-order valence-corrected chi connectivity index (χ3v) is 32.5. The van der Waals surface area contributed by atoms with Crippen molar-refractivity contribution in [3.05, 3.63) is 0 Å². The zero-order chi connectivity index (χ0) is 29.2. The van der Waals surface area contributed by atoms with Crippen LogP contribution in [0.3, 0.4) is 0 Å². The largest absolute Gasteiger partial charge is 0.416 e. The zero-order valence-electron chi connectivity index (χ0n) is 27.1. The highest BCUT2D eigenvalue weighted by Gasteiger charge is 2.68. The van der Waals surface area contributed by atoms with Gasteiger partial charge in [-0.3, -0.25) is 0 Å². The van der Waals surface area contributed by atoms with Crippen LogP contribution in [0.25, 0.3) is 0 Å². The monoisotopic (exact) mass is 662 g/mol. The van der Waals surface area contributed by atoms with Gasteiger partial charge in [0.25, 0.3) is 0 Å². The van der Waals surface area contributed by atoms with Gasteiger partial charge in [0, 0.05) is 12.8 Å². The number of ether oxygens (including phenoxy) is 3. The molecule has 0 aromatic rings. The van der Waals surface area contributed by atoms with Gasteiger partial charge in [0.15, 0.2) is 0 Å². The molecule has 16 unspecified atom stereocenters. The van der Waals surface area contributed by atoms with E-state index in [1.807, 2.05) is 0 Å². The molecule has 6 saturated heterocycles. The number of epoxide rings is 1. The molecule has 16 atom stereocenters. The molecule has 6 saturated carbocycles. The van der Waals surface area contributed by atoms with Crippen LogP contribution in [0.4, 0.5) is 0 Å². The summed E-state index contributed by atoms with van der Waals surface area (Å²) in [6, 6.07) is 3.18. The molecule has 2 spiro atoms. The van der Waals surface area contributed by atoms with E-state index in [1.54, 1.807) is 0 Å². The van der Waals surface area contributed by atoms with Crippen LogP contribution in [-0.4, -0.2) is 69.9 Å². The Bertz CT molecular complexity index is 1190. The molecule has 0 N–H and O–H groups in total. The van der Waals surface area contributed by atoms with Crippen LogP contribution in [0, 0.1) is 41.4 Å². The summed E-state index contributed by atoms with van der Waals surface area (Å²) in [6.07, 6.45) is 16.5. The van der Waals surface area contributed by atoms with Crippen molar-refractivity contribution in [3.8, 4) is 0 Å². The van der Waals surface area contributed by atoms with Gasteiger partial charge in [-0.1, -0.05) is 0 Å². The first-order valence-corrected chi connectivity index (χ1v) is 28.5. The SMILES string of the molecule is C[Si]1(C)O[Si](C)(CCC2CC34CC(O3)C2C4)O[Si](C)(CCC2CC3CC2C2OC32)O[Si](C)(CCC2CC3CC24CC3O4)O1. The molecular formula is C32H54O7Si4. The lowest BCUT2D eigenvalue weighted by Gasteiger charge is -2.51. The topological polar surface area (TPSA) is 67.9 Å². The van der Waals surface area contributed by atoms with Gasteiger partial charge in [-0.25, -0.2) is 0 Å². The predicted molar refractivity (Wildman–Crippen MR) is 170 cm³/mol. The molecular weight excluding hydrogens is 609 g/mol. The van der Waals surface area contributed by atoms with Crippen LogP contribution in [-0.2, 0) is 30.7 Å². The summed E-state index contributed by atoms with van der Waals surface area (Å²) in [6.45, 7) is 11.7. The van der Waals surface area contributed by atoms with Crippen LogP contribution in [0.15, 0.2) is 0 Å². The van der Waals surface area contributed by atoms with Crippen molar-refractivity contribution in [2.24, 2.45) is 41.4 Å². The molecule has 12 rings (SSSR count). The molecule has 6 aliphatic carbocycles. The standard InChI is InChI=1S/C32H54O7Si4/c1-40(2)36-41(3,10-7-21-15-31-17-26(21)28(18-31)34-31)38-43(5,9-6-20-12-22-14-25(20)30-29(22)33-30)39-42(4,37-40)11-8-24-13-23-16-32(24)19-27(23)35-32/h20-30H,6-19H2,1-5H3. The van der Waals surface area contributed by atoms with E-state index in [9.17, 15) is 0 Å². The first-order valence-electron chi connectivity index (χ1n) is 18.1. The first kappa shape index (κ1) is 28.6. The van der Waals surface area contributed by atoms with E-state index in [2.05, 4.69) is 32.7 Å². The van der Waals surface area contributed by atoms with Crippen LogP contribution in [0.1, 0.15) is 70.6 Å². The van der Waals surface area contributed by atoms with Gasteiger partial charge in [-0.05, 0) is 150 Å². The normalized spacial score (nSPS) is 62.6. The molecule has 43 heavy (non-hydrogen) atoms. The average Bonchev–Trinajstić information content (AvgIpc) is 3.58. The van der Waals surface area contributed by atoms with Crippen LogP contribution in [0.2, 0.25) is 50.9 Å². The lowest BCUT2D eigenvalue weighted by molar-refractivity contribution is -0.209. The van der Waals surface area contributed by atoms with E-state index < -0.39 is 34.2 Å². The number of hydrogen-bond donors (Lipinski definition) is 0. The lowest BCUT2D eigenvalue weighted by atomic mass is 9.77. The van der Waals surface area contributed by atoms with Gasteiger partial charge in [0.1, 0.15) is 0 Å². The van der Waals surface area contributed by atoms with E-state index in [0.717, 1.165) is 53.6 Å². The molecule has 240 valence electrons. The second kappa shape index (κ2) is 8.98. The quantitative estimate of drug-likeness (QED) is 0.201. The smallest absolute Gasteiger partial charge is 0.317 e. The van der Waals surface area contributed by atoms with Crippen molar-refractivity contribution in [2.45, 2.75) is 157 Å². The zero-order valence-corrected chi connectivity index (χ0v) is 31.1. The maximum atomic E-state index is 7.54. The predicted octanol–water partition coefficient (Wildman–Crippen LogP) is 6.71. The van der Waals surface area contributed by atoms with Gasteiger partial charge in [-0.15, -0.1) is 0 Å². The minimum atomic E-state index is -2.56. The summed E-state index contributed by atoms with van der Waals surface area (Å²) in [4.78, 5) is 0. The molecule has 0 aromatic heterocycles. The molecule has 11 heteroatoms. The van der Waals surface area contributed by atoms with Gasteiger partial charge >= 0.3 is 34.2 Å². The number of fused-ring (bicyclic) bond motifs is 5. The number of hydrogen-bond acceptors (Lipinski definition) is 7. The third kappa shape index (κ3) is 4.45. The fourth-order valence-electron chi connectivity index (χ4n) is 13.2. The first-order chi connectivity index (χ1) is 20.3. The van der Waals surface area contributed by atoms with E-state index in [4.69, 9.17) is 30.7 Å². The van der Waals surface area contributed by atoms with Crippen molar-refractivity contribution in [1.29, 1.82) is 0 Å². The molecule has 6 heterocycles. The Kier molecular flexibility index (Phi) is 5.97. The van der Waals surface area contributed by atoms with E-state index in [-0.39, 0.29) is 11.2 Å². The van der Waals surface area contributed by atoms with Gasteiger partial charge in [0.2, 0.25) is 0 Å². The van der Waals surface area contributed by atoms with E-state index in [1.165, 1.54) is 70.6 Å². The van der Waals surface area contributed by atoms with Crippen molar-refractivity contribution in [3.63, 3.8) is 0 Å². The third-order valence-electron chi connectivity index (χ3n) is 14.6. The molecule has 7 nitrogen and oxygen atoms in total. The van der Waals surface area contributed by atoms with Gasteiger partial charge in [0.05, 0.1) is 35.6 Å². The molecule has 12 fully saturated rings.